The number of hydrogen-bond acceptors (Lipinski definition) is 6. The van der Waals surface area contributed by atoms with E-state index in [9.17, 15) is 15.2 Å². The Kier molecular flexibility index (Phi) is 6.04. The lowest BCUT2D eigenvalue weighted by molar-refractivity contribution is -0.112. The van der Waals surface area contributed by atoms with E-state index in [0.717, 1.165) is 16.9 Å². The van der Waals surface area contributed by atoms with Crippen molar-refractivity contribution in [3.8, 4) is 17.6 Å². The van der Waals surface area contributed by atoms with Crippen LogP contribution in [0.25, 0.3) is 6.08 Å². The molecule has 3 aromatic rings. The summed E-state index contributed by atoms with van der Waals surface area (Å²) >= 11 is 1.37. The van der Waals surface area contributed by atoms with Gasteiger partial charge in [-0.1, -0.05) is 36.4 Å². The molecular weight excluding hydrogens is 374 g/mol. The largest absolute Gasteiger partial charge is 0.504 e. The van der Waals surface area contributed by atoms with Gasteiger partial charge in [-0.15, -0.1) is 11.3 Å². The summed E-state index contributed by atoms with van der Waals surface area (Å²) < 4.78 is 5.04. The van der Waals surface area contributed by atoms with Crippen LogP contribution in [-0.2, 0) is 11.2 Å². The minimum absolute atomic E-state index is 0.0173. The van der Waals surface area contributed by atoms with Crippen LogP contribution in [0.15, 0.2) is 60.3 Å². The summed E-state index contributed by atoms with van der Waals surface area (Å²) in [5.74, 6) is -0.302. The summed E-state index contributed by atoms with van der Waals surface area (Å²) in [4.78, 5) is 17.6. The second kappa shape index (κ2) is 8.84. The molecule has 140 valence electrons. The van der Waals surface area contributed by atoms with Gasteiger partial charge in [0.15, 0.2) is 16.6 Å². The third kappa shape index (κ3) is 4.75. The molecule has 0 spiro atoms. The zero-order valence-electron chi connectivity index (χ0n) is 15.0. The molecule has 0 fully saturated rings. The number of ether oxygens (including phenoxy) is 1. The molecule has 0 saturated carbocycles. The van der Waals surface area contributed by atoms with E-state index in [1.54, 1.807) is 18.3 Å². The topological polar surface area (TPSA) is 95.2 Å². The number of thiazole rings is 1. The maximum absolute atomic E-state index is 12.4. The van der Waals surface area contributed by atoms with Gasteiger partial charge >= 0.3 is 0 Å². The highest BCUT2D eigenvalue weighted by Crippen LogP contribution is 2.27. The normalized spacial score (nSPS) is 10.9. The van der Waals surface area contributed by atoms with E-state index in [1.165, 1.54) is 30.6 Å². The maximum atomic E-state index is 12.4. The first-order chi connectivity index (χ1) is 13.6. The maximum Gasteiger partial charge on any atom is 0.268 e. The molecule has 2 N–H and O–H groups in total. The van der Waals surface area contributed by atoms with Crippen LogP contribution in [0.5, 0.6) is 11.5 Å². The zero-order valence-corrected chi connectivity index (χ0v) is 15.9. The molecule has 1 heterocycles. The monoisotopic (exact) mass is 391 g/mol. The van der Waals surface area contributed by atoms with Crippen LogP contribution in [0.3, 0.4) is 0 Å². The van der Waals surface area contributed by atoms with Crippen LogP contribution in [0.2, 0.25) is 0 Å². The number of rotatable bonds is 6. The number of benzene rings is 2. The SMILES string of the molecule is COc1cc(C=C(C#N)C(=O)Nc2ncc(Cc3ccccc3)s2)ccc1O. The number of carbonyl (C=O) groups excluding carboxylic acids is 1. The fourth-order valence-corrected chi connectivity index (χ4v) is 3.35. The lowest BCUT2D eigenvalue weighted by Crippen LogP contribution is -2.13. The van der Waals surface area contributed by atoms with Crippen LogP contribution in [0.1, 0.15) is 16.0 Å². The van der Waals surface area contributed by atoms with E-state index in [1.807, 2.05) is 36.4 Å². The molecule has 0 aliphatic carbocycles. The van der Waals surface area contributed by atoms with E-state index in [-0.39, 0.29) is 17.1 Å². The number of carbonyl (C=O) groups is 1. The Morgan fingerprint density at radius 1 is 1.32 bits per heavy atom. The molecular formula is C21H17N3O3S. The van der Waals surface area contributed by atoms with Gasteiger partial charge in [0.1, 0.15) is 11.6 Å². The highest BCUT2D eigenvalue weighted by Gasteiger charge is 2.13. The van der Waals surface area contributed by atoms with Crippen molar-refractivity contribution in [2.24, 2.45) is 0 Å². The molecule has 28 heavy (non-hydrogen) atoms. The highest BCUT2D eigenvalue weighted by molar-refractivity contribution is 7.15. The van der Waals surface area contributed by atoms with Crippen LogP contribution in [-0.4, -0.2) is 23.1 Å². The Hall–Kier alpha value is -3.63. The Labute approximate surface area is 166 Å². The summed E-state index contributed by atoms with van der Waals surface area (Å²) in [6, 6.07) is 16.4. The Morgan fingerprint density at radius 2 is 2.11 bits per heavy atom. The number of nitrogens with one attached hydrogen (secondary N) is 1. The van der Waals surface area contributed by atoms with Crippen molar-refractivity contribution in [2.75, 3.05) is 12.4 Å². The fourth-order valence-electron chi connectivity index (χ4n) is 2.51. The molecule has 0 atom stereocenters. The summed E-state index contributed by atoms with van der Waals surface area (Å²) in [6.45, 7) is 0. The van der Waals surface area contributed by atoms with E-state index in [4.69, 9.17) is 4.74 Å². The summed E-state index contributed by atoms with van der Waals surface area (Å²) in [7, 11) is 1.43. The molecule has 1 aromatic heterocycles. The van der Waals surface area contributed by atoms with Gasteiger partial charge in [0.2, 0.25) is 0 Å². The first-order valence-corrected chi connectivity index (χ1v) is 9.19. The van der Waals surface area contributed by atoms with Gasteiger partial charge in [-0.05, 0) is 29.3 Å². The Morgan fingerprint density at radius 3 is 2.82 bits per heavy atom. The van der Waals surface area contributed by atoms with Crippen molar-refractivity contribution in [1.82, 2.24) is 4.98 Å². The highest BCUT2D eigenvalue weighted by atomic mass is 32.1. The average Bonchev–Trinajstić information content (AvgIpc) is 3.14. The number of phenolic OH excluding ortho intramolecular Hbond substituents is 1. The second-order valence-corrected chi connectivity index (χ2v) is 6.96. The molecule has 6 nitrogen and oxygen atoms in total. The van der Waals surface area contributed by atoms with Crippen LogP contribution in [0, 0.1) is 11.3 Å². The van der Waals surface area contributed by atoms with Crippen molar-refractivity contribution in [1.29, 1.82) is 5.26 Å². The second-order valence-electron chi connectivity index (χ2n) is 5.85. The van der Waals surface area contributed by atoms with Crippen molar-refractivity contribution in [3.05, 3.63) is 76.3 Å². The predicted molar refractivity (Wildman–Crippen MR) is 108 cm³/mol. The van der Waals surface area contributed by atoms with Crippen LogP contribution < -0.4 is 10.1 Å². The minimum Gasteiger partial charge on any atom is -0.504 e. The van der Waals surface area contributed by atoms with E-state index < -0.39 is 5.91 Å². The van der Waals surface area contributed by atoms with Gasteiger partial charge in [-0.25, -0.2) is 4.98 Å². The molecule has 2 aromatic carbocycles. The number of methoxy groups -OCH3 is 1. The molecule has 0 aliphatic rings. The summed E-state index contributed by atoms with van der Waals surface area (Å²) in [5.41, 5.74) is 1.64. The number of nitriles is 1. The number of amides is 1. The van der Waals surface area contributed by atoms with Crippen molar-refractivity contribution >= 4 is 28.5 Å². The van der Waals surface area contributed by atoms with Gasteiger partial charge in [0.05, 0.1) is 7.11 Å². The third-order valence-corrected chi connectivity index (χ3v) is 4.79. The molecule has 0 bridgehead atoms. The van der Waals surface area contributed by atoms with Crippen molar-refractivity contribution < 1.29 is 14.6 Å². The quantitative estimate of drug-likeness (QED) is 0.489. The molecule has 0 unspecified atom stereocenters. The number of anilines is 1. The zero-order chi connectivity index (χ0) is 19.9. The number of phenols is 1. The molecule has 3 rings (SSSR count). The first kappa shape index (κ1) is 19.1. The van der Waals surface area contributed by atoms with Crippen LogP contribution in [0.4, 0.5) is 5.13 Å². The Balaban J connectivity index is 1.72. The smallest absolute Gasteiger partial charge is 0.268 e. The van der Waals surface area contributed by atoms with E-state index in [2.05, 4.69) is 10.3 Å². The number of aromatic nitrogens is 1. The molecule has 1 amide bonds. The standard InChI is InChI=1S/C21H17N3O3S/c1-27-19-11-15(7-8-18(19)25)9-16(12-22)20(26)24-21-23-13-17(28-21)10-14-5-3-2-4-6-14/h2-9,11,13,25H,10H2,1H3,(H,23,24,26). The Bertz CT molecular complexity index is 1050. The third-order valence-electron chi connectivity index (χ3n) is 3.88. The van der Waals surface area contributed by atoms with Gasteiger partial charge in [0.25, 0.3) is 5.91 Å². The van der Waals surface area contributed by atoms with E-state index in [0.29, 0.717) is 10.7 Å². The van der Waals surface area contributed by atoms with Crippen molar-refractivity contribution in [2.45, 2.75) is 6.42 Å². The first-order valence-electron chi connectivity index (χ1n) is 8.38. The molecule has 0 saturated heterocycles. The minimum atomic E-state index is -0.546. The summed E-state index contributed by atoms with van der Waals surface area (Å²) in [5, 5.41) is 22.1. The van der Waals surface area contributed by atoms with Crippen LogP contribution >= 0.6 is 11.3 Å². The van der Waals surface area contributed by atoms with Gasteiger partial charge in [-0.2, -0.15) is 5.26 Å². The molecule has 0 radical (unpaired) electrons. The number of hydrogen-bond donors (Lipinski definition) is 2. The lowest BCUT2D eigenvalue weighted by Gasteiger charge is -2.04. The lowest BCUT2D eigenvalue weighted by atomic mass is 10.1. The average molecular weight is 391 g/mol. The van der Waals surface area contributed by atoms with Gasteiger partial charge < -0.3 is 9.84 Å². The number of nitrogens with zero attached hydrogens (tertiary/aromatic N) is 2. The van der Waals surface area contributed by atoms with Gasteiger partial charge in [-0.3, -0.25) is 10.1 Å². The number of aromatic hydroxyl groups is 1. The predicted octanol–water partition coefficient (Wildman–Crippen LogP) is 3.99. The van der Waals surface area contributed by atoms with Crippen molar-refractivity contribution in [3.63, 3.8) is 0 Å². The fraction of sp³-hybridized carbons (Fsp3) is 0.0952. The van der Waals surface area contributed by atoms with E-state index >= 15 is 0 Å². The molecule has 7 heteroatoms. The molecule has 0 aliphatic heterocycles. The summed E-state index contributed by atoms with van der Waals surface area (Å²) in [6.07, 6.45) is 3.87. The van der Waals surface area contributed by atoms with Gasteiger partial charge in [0, 0.05) is 17.5 Å².